The summed E-state index contributed by atoms with van der Waals surface area (Å²) in [6.45, 7) is 0. The van der Waals surface area contributed by atoms with Crippen LogP contribution in [-0.4, -0.2) is 5.11 Å². The van der Waals surface area contributed by atoms with Crippen molar-refractivity contribution < 1.29 is 9.50 Å². The minimum absolute atomic E-state index is 0.338. The molecule has 0 heterocycles. The first-order chi connectivity index (χ1) is 5.60. The molecule has 1 fully saturated rings. The van der Waals surface area contributed by atoms with Crippen molar-refractivity contribution in [3.05, 3.63) is 34.6 Å². The van der Waals surface area contributed by atoms with E-state index in [1.807, 2.05) is 0 Å². The molecule has 0 aliphatic heterocycles. The Morgan fingerprint density at radius 2 is 2.00 bits per heavy atom. The van der Waals surface area contributed by atoms with E-state index in [0.29, 0.717) is 23.4 Å². The Labute approximate surface area is 74.8 Å². The summed E-state index contributed by atoms with van der Waals surface area (Å²) in [5, 5.41) is 9.96. The summed E-state index contributed by atoms with van der Waals surface area (Å²) in [4.78, 5) is 0. The van der Waals surface area contributed by atoms with Gasteiger partial charge >= 0.3 is 0 Å². The smallest absolute Gasteiger partial charge is 0.125 e. The largest absolute Gasteiger partial charge is 0.385 e. The fourth-order valence-corrected chi connectivity index (χ4v) is 1.45. The maximum absolute atomic E-state index is 12.8. The first kappa shape index (κ1) is 8.02. The first-order valence-electron chi connectivity index (χ1n) is 3.79. The lowest BCUT2D eigenvalue weighted by molar-refractivity contribution is 0.151. The van der Waals surface area contributed by atoms with Crippen LogP contribution in [0.25, 0.3) is 0 Å². The second-order valence-electron chi connectivity index (χ2n) is 3.19. The van der Waals surface area contributed by atoms with Crippen LogP contribution in [0.4, 0.5) is 4.39 Å². The Bertz CT molecular complexity index is 300. The van der Waals surface area contributed by atoms with Crippen LogP contribution in [0.1, 0.15) is 18.4 Å². The molecule has 1 nitrogen and oxygen atoms in total. The highest BCUT2D eigenvalue weighted by Gasteiger charge is 2.42. The molecule has 64 valence electrons. The molecular formula is C9H8ClFO. The van der Waals surface area contributed by atoms with Crippen molar-refractivity contribution in [1.82, 2.24) is 0 Å². The number of benzene rings is 1. The molecule has 0 radical (unpaired) electrons. The van der Waals surface area contributed by atoms with Crippen molar-refractivity contribution in [2.24, 2.45) is 0 Å². The Morgan fingerprint density at radius 1 is 1.33 bits per heavy atom. The molecule has 0 saturated heterocycles. The second-order valence-corrected chi connectivity index (χ2v) is 3.63. The summed E-state index contributed by atoms with van der Waals surface area (Å²) in [6, 6.07) is 4.17. The zero-order valence-corrected chi connectivity index (χ0v) is 7.11. The van der Waals surface area contributed by atoms with Gasteiger partial charge in [0.05, 0.1) is 5.60 Å². The van der Waals surface area contributed by atoms with E-state index < -0.39 is 11.4 Å². The summed E-state index contributed by atoms with van der Waals surface area (Å²) in [7, 11) is 0. The summed E-state index contributed by atoms with van der Waals surface area (Å²) in [6.07, 6.45) is 1.40. The summed E-state index contributed by atoms with van der Waals surface area (Å²) in [5.41, 5.74) is -0.210. The molecule has 0 amide bonds. The van der Waals surface area contributed by atoms with Gasteiger partial charge in [-0.1, -0.05) is 11.6 Å². The third-order valence-electron chi connectivity index (χ3n) is 2.12. The highest BCUT2D eigenvalue weighted by Crippen LogP contribution is 2.45. The first-order valence-corrected chi connectivity index (χ1v) is 4.17. The number of rotatable bonds is 1. The predicted molar refractivity (Wildman–Crippen MR) is 44.5 cm³/mol. The SMILES string of the molecule is OC1(c2cc(F)cc(Cl)c2)CC1. The fourth-order valence-electron chi connectivity index (χ4n) is 1.23. The highest BCUT2D eigenvalue weighted by molar-refractivity contribution is 6.30. The van der Waals surface area contributed by atoms with Crippen molar-refractivity contribution in [2.75, 3.05) is 0 Å². The molecule has 1 aromatic carbocycles. The van der Waals surface area contributed by atoms with Gasteiger partial charge in [0.15, 0.2) is 0 Å². The van der Waals surface area contributed by atoms with Crippen LogP contribution in [0.15, 0.2) is 18.2 Å². The van der Waals surface area contributed by atoms with Crippen LogP contribution in [-0.2, 0) is 5.60 Å². The van der Waals surface area contributed by atoms with Crippen LogP contribution in [0, 0.1) is 5.82 Å². The molecule has 1 saturated carbocycles. The zero-order chi connectivity index (χ0) is 8.77. The molecule has 1 aliphatic rings. The summed E-state index contributed by atoms with van der Waals surface area (Å²) in [5.74, 6) is -0.391. The lowest BCUT2D eigenvalue weighted by atomic mass is 10.1. The van der Waals surface area contributed by atoms with E-state index in [-0.39, 0.29) is 0 Å². The number of aliphatic hydroxyl groups is 1. The molecular weight excluding hydrogens is 179 g/mol. The minimum atomic E-state index is -0.800. The molecule has 0 atom stereocenters. The minimum Gasteiger partial charge on any atom is -0.385 e. The Morgan fingerprint density at radius 3 is 2.50 bits per heavy atom. The van der Waals surface area contributed by atoms with E-state index in [1.165, 1.54) is 12.1 Å². The molecule has 1 N–H and O–H groups in total. The maximum Gasteiger partial charge on any atom is 0.125 e. The van der Waals surface area contributed by atoms with Crippen molar-refractivity contribution in [2.45, 2.75) is 18.4 Å². The molecule has 1 aromatic rings. The van der Waals surface area contributed by atoms with Gasteiger partial charge in [0.1, 0.15) is 5.82 Å². The molecule has 0 spiro atoms. The van der Waals surface area contributed by atoms with Gasteiger partial charge in [-0.25, -0.2) is 4.39 Å². The topological polar surface area (TPSA) is 20.2 Å². The quantitative estimate of drug-likeness (QED) is 0.715. The van der Waals surface area contributed by atoms with Gasteiger partial charge in [-0.3, -0.25) is 0 Å². The standard InChI is InChI=1S/C9H8ClFO/c10-7-3-6(4-8(11)5-7)9(12)1-2-9/h3-5,12H,1-2H2. The van der Waals surface area contributed by atoms with Gasteiger partial charge in [0.2, 0.25) is 0 Å². The zero-order valence-electron chi connectivity index (χ0n) is 6.35. The van der Waals surface area contributed by atoms with E-state index in [4.69, 9.17) is 11.6 Å². The van der Waals surface area contributed by atoms with Crippen molar-refractivity contribution in [3.8, 4) is 0 Å². The third kappa shape index (κ3) is 1.32. The van der Waals surface area contributed by atoms with Gasteiger partial charge in [-0.2, -0.15) is 0 Å². The molecule has 0 bridgehead atoms. The average Bonchev–Trinajstić information content (AvgIpc) is 2.67. The average molecular weight is 187 g/mol. The molecule has 0 aromatic heterocycles. The number of hydrogen-bond acceptors (Lipinski definition) is 1. The van der Waals surface area contributed by atoms with Crippen molar-refractivity contribution in [1.29, 1.82) is 0 Å². The molecule has 2 rings (SSSR count). The lowest BCUT2D eigenvalue weighted by Gasteiger charge is -2.07. The summed E-state index contributed by atoms with van der Waals surface area (Å²) < 4.78 is 12.8. The van der Waals surface area contributed by atoms with Crippen molar-refractivity contribution >= 4 is 11.6 Å². The highest BCUT2D eigenvalue weighted by atomic mass is 35.5. The molecule has 3 heteroatoms. The van der Waals surface area contributed by atoms with E-state index >= 15 is 0 Å². The second kappa shape index (κ2) is 2.44. The normalized spacial score (nSPS) is 19.2. The van der Waals surface area contributed by atoms with E-state index in [9.17, 15) is 9.50 Å². The lowest BCUT2D eigenvalue weighted by Crippen LogP contribution is -2.04. The van der Waals surface area contributed by atoms with E-state index in [1.54, 1.807) is 6.07 Å². The number of halogens is 2. The van der Waals surface area contributed by atoms with Crippen LogP contribution >= 0.6 is 11.6 Å². The van der Waals surface area contributed by atoms with Gasteiger partial charge in [0.25, 0.3) is 0 Å². The van der Waals surface area contributed by atoms with Crippen LogP contribution < -0.4 is 0 Å². The molecule has 12 heavy (non-hydrogen) atoms. The van der Waals surface area contributed by atoms with Gasteiger partial charge in [-0.15, -0.1) is 0 Å². The van der Waals surface area contributed by atoms with Gasteiger partial charge in [0, 0.05) is 5.02 Å². The van der Waals surface area contributed by atoms with Crippen LogP contribution in [0.5, 0.6) is 0 Å². The maximum atomic E-state index is 12.8. The molecule has 1 aliphatic carbocycles. The Kier molecular flexibility index (Phi) is 1.63. The van der Waals surface area contributed by atoms with Gasteiger partial charge in [-0.05, 0) is 36.6 Å². The van der Waals surface area contributed by atoms with E-state index in [0.717, 1.165) is 0 Å². The fraction of sp³-hybridized carbons (Fsp3) is 0.333. The summed E-state index contributed by atoms with van der Waals surface area (Å²) >= 11 is 5.63. The predicted octanol–water partition coefficient (Wildman–Crippen LogP) is 2.46. The van der Waals surface area contributed by atoms with E-state index in [2.05, 4.69) is 0 Å². The Hall–Kier alpha value is -0.600. The van der Waals surface area contributed by atoms with Crippen LogP contribution in [0.3, 0.4) is 0 Å². The Balaban J connectivity index is 2.44. The van der Waals surface area contributed by atoms with Gasteiger partial charge < -0.3 is 5.11 Å². The molecule has 0 unspecified atom stereocenters. The monoisotopic (exact) mass is 186 g/mol. The van der Waals surface area contributed by atoms with Crippen molar-refractivity contribution in [3.63, 3.8) is 0 Å². The number of hydrogen-bond donors (Lipinski definition) is 1. The van der Waals surface area contributed by atoms with Crippen LogP contribution in [0.2, 0.25) is 5.02 Å². The third-order valence-corrected chi connectivity index (χ3v) is 2.34.